The molecule has 1 aliphatic carbocycles. The van der Waals surface area contributed by atoms with Crippen LogP contribution in [0.4, 0.5) is 0 Å². The van der Waals surface area contributed by atoms with Crippen molar-refractivity contribution in [1.82, 2.24) is 4.31 Å². The first-order valence-electron chi connectivity index (χ1n) is 5.42. The van der Waals surface area contributed by atoms with E-state index in [4.69, 9.17) is 5.73 Å². The van der Waals surface area contributed by atoms with Crippen molar-refractivity contribution in [3.8, 4) is 0 Å². The third kappa shape index (κ3) is 2.18. The van der Waals surface area contributed by atoms with Crippen molar-refractivity contribution in [3.05, 3.63) is 0 Å². The largest absolute Gasteiger partial charge is 0.369 e. The number of nitrogens with zero attached hydrogens (tertiary/aromatic N) is 1. The maximum atomic E-state index is 12.3. The molecule has 0 spiro atoms. The van der Waals surface area contributed by atoms with Crippen LogP contribution in [0.5, 0.6) is 0 Å². The Kier molecular flexibility index (Phi) is 2.77. The lowest BCUT2D eigenvalue weighted by atomic mass is 9.98. The molecule has 86 valence electrons. The summed E-state index contributed by atoms with van der Waals surface area (Å²) in [6, 6.07) is 0. The maximum absolute atomic E-state index is 12.3. The topological polar surface area (TPSA) is 63.4 Å². The molecule has 1 heterocycles. The van der Waals surface area contributed by atoms with Gasteiger partial charge in [-0.25, -0.2) is 4.31 Å². The Bertz CT molecular complexity index is 352. The molecule has 1 amide bonds. The molecule has 2 fully saturated rings. The van der Waals surface area contributed by atoms with Crippen molar-refractivity contribution in [2.75, 3.05) is 13.1 Å². The van der Waals surface area contributed by atoms with Gasteiger partial charge in [0.1, 0.15) is 0 Å². The molecule has 1 atom stereocenters. The minimum Gasteiger partial charge on any atom is -0.369 e. The van der Waals surface area contributed by atoms with Gasteiger partial charge in [0, 0.05) is 34.0 Å². The van der Waals surface area contributed by atoms with Gasteiger partial charge in [0.25, 0.3) is 0 Å². The number of hydrogen-bond acceptors (Lipinski definition) is 2. The molecule has 1 aliphatic heterocycles. The van der Waals surface area contributed by atoms with Crippen molar-refractivity contribution >= 4 is 21.5 Å². The molecule has 2 rings (SSSR count). The average molecular weight is 230 g/mol. The van der Waals surface area contributed by atoms with Crippen LogP contribution >= 0.6 is 0 Å². The van der Waals surface area contributed by atoms with Gasteiger partial charge in [-0.2, -0.15) is 0 Å². The van der Waals surface area contributed by atoms with Gasteiger partial charge >= 0.3 is 0 Å². The van der Waals surface area contributed by atoms with E-state index in [0.29, 0.717) is 18.3 Å². The Morgan fingerprint density at radius 2 is 1.80 bits per heavy atom. The van der Waals surface area contributed by atoms with Gasteiger partial charge in [-0.1, -0.05) is 0 Å². The molecule has 4 nitrogen and oxygen atoms in total. The van der Waals surface area contributed by atoms with Gasteiger partial charge in [0.15, 0.2) is 0 Å². The third-order valence-corrected chi connectivity index (χ3v) is 6.09. The molecule has 1 saturated carbocycles. The van der Waals surface area contributed by atoms with Crippen LogP contribution in [0, 0.1) is 5.92 Å². The Labute approximate surface area is 91.0 Å². The van der Waals surface area contributed by atoms with E-state index in [1.165, 1.54) is 0 Å². The van der Waals surface area contributed by atoms with Crippen LogP contribution in [0.3, 0.4) is 0 Å². The summed E-state index contributed by atoms with van der Waals surface area (Å²) in [5, 5.41) is 0.294. The van der Waals surface area contributed by atoms with E-state index in [1.54, 1.807) is 0 Å². The lowest BCUT2D eigenvalue weighted by molar-refractivity contribution is -0.122. The molecule has 15 heavy (non-hydrogen) atoms. The van der Waals surface area contributed by atoms with Crippen LogP contribution in [0.15, 0.2) is 0 Å². The smallest absolute Gasteiger partial charge is 0.220 e. The summed E-state index contributed by atoms with van der Waals surface area (Å²) in [7, 11) is -2.06. The Balaban J connectivity index is 1.96. The minimum atomic E-state index is -2.06. The van der Waals surface area contributed by atoms with E-state index < -0.39 is 9.71 Å². The van der Waals surface area contributed by atoms with E-state index in [1.807, 2.05) is 4.31 Å². The number of nitrogens with two attached hydrogens (primary N) is 1. The van der Waals surface area contributed by atoms with Crippen LogP contribution in [0.1, 0.15) is 25.7 Å². The fourth-order valence-corrected chi connectivity index (χ4v) is 4.22. The molecule has 2 N–H and O–H groups in total. The maximum Gasteiger partial charge on any atom is 0.220 e. The Morgan fingerprint density at radius 3 is 2.20 bits per heavy atom. The lowest BCUT2D eigenvalue weighted by Crippen LogP contribution is -2.42. The van der Waals surface area contributed by atoms with E-state index in [2.05, 4.69) is 5.87 Å². The highest BCUT2D eigenvalue weighted by Gasteiger charge is 2.36. The second-order valence-electron chi connectivity index (χ2n) is 4.49. The molecule has 1 saturated heterocycles. The average Bonchev–Trinajstić information content (AvgIpc) is 3.01. The van der Waals surface area contributed by atoms with Crippen LogP contribution < -0.4 is 5.73 Å². The van der Waals surface area contributed by atoms with Gasteiger partial charge in [-0.15, -0.1) is 0 Å². The predicted molar refractivity (Wildman–Crippen MR) is 61.8 cm³/mol. The molecule has 0 aromatic rings. The van der Waals surface area contributed by atoms with Crippen molar-refractivity contribution in [1.29, 1.82) is 0 Å². The van der Waals surface area contributed by atoms with Crippen molar-refractivity contribution in [2.24, 2.45) is 11.7 Å². The van der Waals surface area contributed by atoms with E-state index >= 15 is 0 Å². The van der Waals surface area contributed by atoms with Gasteiger partial charge in [-0.3, -0.25) is 9.00 Å². The molecule has 2 aliphatic rings. The number of primary amides is 1. The number of carbonyl (C=O) groups excluding carboxylic acids is 1. The number of rotatable bonds is 3. The standard InChI is InChI=1S/C10H18N2O2S/c1-15(14,9-2-3-9)12-6-4-8(5-7-12)10(11)13/h8-9H,1-7H2,(H2,11,13). The number of amides is 1. The minimum absolute atomic E-state index is 0.0318. The highest BCUT2D eigenvalue weighted by Crippen LogP contribution is 2.33. The summed E-state index contributed by atoms with van der Waals surface area (Å²) >= 11 is 0. The van der Waals surface area contributed by atoms with Gasteiger partial charge in [0.2, 0.25) is 5.91 Å². The van der Waals surface area contributed by atoms with Crippen LogP contribution in [0.2, 0.25) is 0 Å². The summed E-state index contributed by atoms with van der Waals surface area (Å²) in [6.45, 7) is 1.40. The van der Waals surface area contributed by atoms with Crippen LogP contribution in [-0.2, 0) is 14.5 Å². The summed E-state index contributed by atoms with van der Waals surface area (Å²) < 4.78 is 14.2. The first kappa shape index (κ1) is 11.0. The molecule has 5 heteroatoms. The normalized spacial score (nSPS) is 28.5. The van der Waals surface area contributed by atoms with E-state index in [9.17, 15) is 9.00 Å². The highest BCUT2D eigenvalue weighted by atomic mass is 32.2. The summed E-state index contributed by atoms with van der Waals surface area (Å²) in [5.41, 5.74) is 5.25. The predicted octanol–water partition coefficient (Wildman–Crippen LogP) is -0.0225. The van der Waals surface area contributed by atoms with Crippen molar-refractivity contribution in [2.45, 2.75) is 30.9 Å². The van der Waals surface area contributed by atoms with Gasteiger partial charge in [-0.05, 0) is 31.6 Å². The molecule has 0 aromatic heterocycles. The lowest BCUT2D eigenvalue weighted by Gasteiger charge is -2.32. The van der Waals surface area contributed by atoms with Gasteiger partial charge < -0.3 is 5.73 Å². The highest BCUT2D eigenvalue weighted by molar-refractivity contribution is 7.99. The van der Waals surface area contributed by atoms with Crippen molar-refractivity contribution < 1.29 is 9.00 Å². The SMILES string of the molecule is C=S(=O)(C1CC1)N1CCC(C(N)=O)CC1. The van der Waals surface area contributed by atoms with Crippen LogP contribution in [0.25, 0.3) is 0 Å². The second kappa shape index (κ2) is 3.79. The first-order chi connectivity index (χ1) is 7.01. The third-order valence-electron chi connectivity index (χ3n) is 3.34. The van der Waals surface area contributed by atoms with Crippen molar-refractivity contribution in [3.63, 3.8) is 0 Å². The molecule has 0 bridgehead atoms. The summed E-state index contributed by atoms with van der Waals surface area (Å²) in [5.74, 6) is 3.61. The number of piperidine rings is 1. The fourth-order valence-electron chi connectivity index (χ4n) is 2.10. The Hall–Kier alpha value is -0.550. The van der Waals surface area contributed by atoms with Gasteiger partial charge in [0.05, 0.1) is 0 Å². The number of carbonyl (C=O) groups is 1. The molecular weight excluding hydrogens is 212 g/mol. The Morgan fingerprint density at radius 1 is 1.27 bits per heavy atom. The molecule has 0 aromatic carbocycles. The fraction of sp³-hybridized carbons (Fsp3) is 0.800. The monoisotopic (exact) mass is 230 g/mol. The first-order valence-corrected chi connectivity index (χ1v) is 7.17. The summed E-state index contributed by atoms with van der Waals surface area (Å²) in [6.07, 6.45) is 3.54. The quantitative estimate of drug-likeness (QED) is 0.692. The van der Waals surface area contributed by atoms with E-state index in [-0.39, 0.29) is 11.8 Å². The van der Waals surface area contributed by atoms with Crippen LogP contribution in [-0.4, -0.2) is 38.6 Å². The molecule has 1 unspecified atom stereocenters. The molecular formula is C10H18N2O2S. The number of hydrogen-bond donors (Lipinski definition) is 1. The zero-order chi connectivity index (χ0) is 11.1. The van der Waals surface area contributed by atoms with E-state index in [0.717, 1.165) is 25.7 Å². The molecule has 0 radical (unpaired) electrons. The zero-order valence-corrected chi connectivity index (χ0v) is 9.67. The summed E-state index contributed by atoms with van der Waals surface area (Å²) in [4.78, 5) is 11.0. The zero-order valence-electron chi connectivity index (χ0n) is 8.85. The second-order valence-corrected chi connectivity index (χ2v) is 7.06.